The van der Waals surface area contributed by atoms with Gasteiger partial charge in [-0.1, -0.05) is 36.8 Å². The molecule has 3 heteroatoms. The van der Waals surface area contributed by atoms with Crippen LogP contribution < -0.4 is 5.32 Å². The Morgan fingerprint density at radius 2 is 2.28 bits per heavy atom. The lowest BCUT2D eigenvalue weighted by molar-refractivity contribution is -0.138. The maximum atomic E-state index is 12.4. The van der Waals surface area contributed by atoms with Gasteiger partial charge in [0.25, 0.3) is 0 Å². The third-order valence-electron chi connectivity index (χ3n) is 3.74. The lowest BCUT2D eigenvalue weighted by Crippen LogP contribution is -2.55. The first-order chi connectivity index (χ1) is 8.60. The smallest absolute Gasteiger partial charge is 0.185 e. The van der Waals surface area contributed by atoms with E-state index in [4.69, 9.17) is 0 Å². The summed E-state index contributed by atoms with van der Waals surface area (Å²) in [5.41, 5.74) is 1.42. The number of aryl methyl sites for hydroxylation is 1. The monoisotopic (exact) mass is 247 g/mol. The molecule has 0 amide bonds. The predicted molar refractivity (Wildman–Crippen MR) is 71.4 cm³/mol. The lowest BCUT2D eigenvalue weighted by atomic mass is 9.74. The number of hydrogen-bond donors (Lipinski definition) is 2. The minimum Gasteiger partial charge on any atom is -0.385 e. The molecule has 3 nitrogen and oxygen atoms in total. The lowest BCUT2D eigenvalue weighted by Gasteiger charge is -2.39. The summed E-state index contributed by atoms with van der Waals surface area (Å²) in [5, 5.41) is 13.2. The summed E-state index contributed by atoms with van der Waals surface area (Å²) in [4.78, 5) is 12.4. The molecule has 1 aliphatic carbocycles. The third-order valence-corrected chi connectivity index (χ3v) is 3.74. The molecule has 0 bridgehead atoms. The quantitative estimate of drug-likeness (QED) is 0.858. The molecule has 98 valence electrons. The third kappa shape index (κ3) is 2.20. The molecular formula is C15H21NO2. The first-order valence-corrected chi connectivity index (χ1v) is 6.64. The van der Waals surface area contributed by atoms with Crippen molar-refractivity contribution in [2.24, 2.45) is 0 Å². The fourth-order valence-corrected chi connectivity index (χ4v) is 2.88. The van der Waals surface area contributed by atoms with Gasteiger partial charge in [-0.2, -0.15) is 0 Å². The molecule has 1 aromatic carbocycles. The van der Waals surface area contributed by atoms with Gasteiger partial charge in [0.2, 0.25) is 0 Å². The van der Waals surface area contributed by atoms with Crippen molar-refractivity contribution in [2.75, 3.05) is 6.54 Å². The minimum absolute atomic E-state index is 0.0822. The van der Waals surface area contributed by atoms with E-state index in [1.54, 1.807) is 0 Å². The maximum absolute atomic E-state index is 12.4. The predicted octanol–water partition coefficient (Wildman–Crippen LogP) is 1.91. The molecular weight excluding hydrogens is 226 g/mol. The molecule has 0 saturated heterocycles. The molecule has 2 rings (SSSR count). The van der Waals surface area contributed by atoms with Crippen molar-refractivity contribution in [3.8, 4) is 0 Å². The normalized spacial score (nSPS) is 28.4. The van der Waals surface area contributed by atoms with Crippen molar-refractivity contribution >= 4 is 5.78 Å². The van der Waals surface area contributed by atoms with Crippen LogP contribution in [0.1, 0.15) is 37.3 Å². The second kappa shape index (κ2) is 5.21. The highest BCUT2D eigenvalue weighted by Gasteiger charge is 2.44. The SMILES string of the molecule is CCNC1(c2cccc(C)c2)CCCC(O)C1=O. The number of aliphatic hydroxyl groups excluding tert-OH is 1. The van der Waals surface area contributed by atoms with Crippen LogP contribution in [0.15, 0.2) is 24.3 Å². The van der Waals surface area contributed by atoms with Crippen molar-refractivity contribution in [1.29, 1.82) is 0 Å². The number of carbonyl (C=O) groups excluding carboxylic acids is 1. The Bertz CT molecular complexity index is 440. The number of likely N-dealkylation sites (N-methyl/N-ethyl adjacent to an activating group) is 1. The van der Waals surface area contributed by atoms with E-state index in [1.807, 2.05) is 38.1 Å². The van der Waals surface area contributed by atoms with Gasteiger partial charge in [0.1, 0.15) is 11.6 Å². The van der Waals surface area contributed by atoms with E-state index >= 15 is 0 Å². The van der Waals surface area contributed by atoms with E-state index < -0.39 is 11.6 Å². The molecule has 0 radical (unpaired) electrons. The molecule has 0 aromatic heterocycles. The zero-order chi connectivity index (χ0) is 13.2. The van der Waals surface area contributed by atoms with Crippen molar-refractivity contribution in [1.82, 2.24) is 5.32 Å². The fourth-order valence-electron chi connectivity index (χ4n) is 2.88. The summed E-state index contributed by atoms with van der Waals surface area (Å²) in [5.74, 6) is -0.0822. The van der Waals surface area contributed by atoms with E-state index in [2.05, 4.69) is 5.32 Å². The van der Waals surface area contributed by atoms with Gasteiger partial charge in [-0.25, -0.2) is 0 Å². The highest BCUT2D eigenvalue weighted by Crippen LogP contribution is 2.34. The summed E-state index contributed by atoms with van der Waals surface area (Å²) in [6.45, 7) is 4.73. The van der Waals surface area contributed by atoms with Gasteiger partial charge in [-0.15, -0.1) is 0 Å². The Hall–Kier alpha value is -1.19. The van der Waals surface area contributed by atoms with Gasteiger partial charge in [0.15, 0.2) is 5.78 Å². The zero-order valence-electron chi connectivity index (χ0n) is 11.1. The Morgan fingerprint density at radius 3 is 2.94 bits per heavy atom. The van der Waals surface area contributed by atoms with Crippen LogP contribution >= 0.6 is 0 Å². The van der Waals surface area contributed by atoms with E-state index in [0.29, 0.717) is 13.0 Å². The van der Waals surface area contributed by atoms with Gasteiger partial charge >= 0.3 is 0 Å². The van der Waals surface area contributed by atoms with E-state index in [9.17, 15) is 9.90 Å². The summed E-state index contributed by atoms with van der Waals surface area (Å²) < 4.78 is 0. The van der Waals surface area contributed by atoms with Crippen LogP contribution in [0.5, 0.6) is 0 Å². The van der Waals surface area contributed by atoms with Crippen LogP contribution in [-0.4, -0.2) is 23.5 Å². The van der Waals surface area contributed by atoms with Crippen molar-refractivity contribution < 1.29 is 9.90 Å². The fraction of sp³-hybridized carbons (Fsp3) is 0.533. The Kier molecular flexibility index (Phi) is 3.83. The molecule has 1 aromatic rings. The summed E-state index contributed by atoms with van der Waals surface area (Å²) in [6.07, 6.45) is 1.38. The molecule has 2 N–H and O–H groups in total. The molecule has 1 fully saturated rings. The molecule has 18 heavy (non-hydrogen) atoms. The average Bonchev–Trinajstić information content (AvgIpc) is 2.35. The van der Waals surface area contributed by atoms with Crippen molar-refractivity contribution in [3.63, 3.8) is 0 Å². The van der Waals surface area contributed by atoms with Crippen LogP contribution in [0.4, 0.5) is 0 Å². The number of nitrogens with one attached hydrogen (secondary N) is 1. The maximum Gasteiger partial charge on any atom is 0.185 e. The van der Waals surface area contributed by atoms with Gasteiger partial charge in [-0.05, 0) is 38.3 Å². The van der Waals surface area contributed by atoms with E-state index in [0.717, 1.165) is 24.0 Å². The van der Waals surface area contributed by atoms with Crippen molar-refractivity contribution in [2.45, 2.75) is 44.8 Å². The Labute approximate surface area is 108 Å². The van der Waals surface area contributed by atoms with E-state index in [1.165, 1.54) is 0 Å². The number of rotatable bonds is 3. The first-order valence-electron chi connectivity index (χ1n) is 6.64. The molecule has 2 atom stereocenters. The van der Waals surface area contributed by atoms with Gasteiger partial charge in [-0.3, -0.25) is 4.79 Å². The van der Waals surface area contributed by atoms with Crippen molar-refractivity contribution in [3.05, 3.63) is 35.4 Å². The van der Waals surface area contributed by atoms with Gasteiger partial charge in [0, 0.05) is 0 Å². The standard InChI is InChI=1S/C15H21NO2/c1-3-16-15(9-5-8-13(17)14(15)18)12-7-4-6-11(2)10-12/h4,6-7,10,13,16-17H,3,5,8-9H2,1-2H3. The van der Waals surface area contributed by atoms with Gasteiger partial charge < -0.3 is 10.4 Å². The highest BCUT2D eigenvalue weighted by molar-refractivity contribution is 5.93. The molecule has 1 aliphatic rings. The zero-order valence-corrected chi connectivity index (χ0v) is 11.1. The summed E-state index contributed by atoms with van der Waals surface area (Å²) >= 11 is 0. The Morgan fingerprint density at radius 1 is 1.50 bits per heavy atom. The largest absolute Gasteiger partial charge is 0.385 e. The van der Waals surface area contributed by atoms with Crippen LogP contribution in [0.25, 0.3) is 0 Å². The van der Waals surface area contributed by atoms with Crippen LogP contribution in [0, 0.1) is 6.92 Å². The van der Waals surface area contributed by atoms with Crippen LogP contribution in [-0.2, 0) is 10.3 Å². The van der Waals surface area contributed by atoms with Gasteiger partial charge in [0.05, 0.1) is 0 Å². The second-order valence-corrected chi connectivity index (χ2v) is 5.08. The number of Topliss-reactive ketones (excluding diaryl/α,β-unsaturated/α-hetero) is 1. The van der Waals surface area contributed by atoms with Crippen LogP contribution in [0.3, 0.4) is 0 Å². The second-order valence-electron chi connectivity index (χ2n) is 5.08. The summed E-state index contributed by atoms with van der Waals surface area (Å²) in [6, 6.07) is 8.01. The number of hydrogen-bond acceptors (Lipinski definition) is 3. The highest BCUT2D eigenvalue weighted by atomic mass is 16.3. The Balaban J connectivity index is 2.46. The topological polar surface area (TPSA) is 49.3 Å². The number of benzene rings is 1. The minimum atomic E-state index is -0.835. The van der Waals surface area contributed by atoms with Crippen LogP contribution in [0.2, 0.25) is 0 Å². The van der Waals surface area contributed by atoms with E-state index in [-0.39, 0.29) is 5.78 Å². The average molecular weight is 247 g/mol. The number of ketones is 1. The number of aliphatic hydroxyl groups is 1. The molecule has 2 unspecified atom stereocenters. The molecule has 0 aliphatic heterocycles. The molecule has 0 spiro atoms. The number of carbonyl (C=O) groups is 1. The summed E-state index contributed by atoms with van der Waals surface area (Å²) in [7, 11) is 0. The first kappa shape index (κ1) is 13.2. The molecule has 0 heterocycles. The molecule has 1 saturated carbocycles.